The first-order valence-corrected chi connectivity index (χ1v) is 17.5. The highest BCUT2D eigenvalue weighted by atomic mass is 16.3. The van der Waals surface area contributed by atoms with Gasteiger partial charge in [0.1, 0.15) is 39.6 Å². The van der Waals surface area contributed by atoms with Crippen LogP contribution in [0.25, 0.3) is 94.7 Å². The number of rotatable bonds is 4. The van der Waals surface area contributed by atoms with Crippen LogP contribution in [0.5, 0.6) is 5.75 Å². The predicted molar refractivity (Wildman–Crippen MR) is 207 cm³/mol. The lowest BCUT2D eigenvalue weighted by Crippen LogP contribution is -2.06. The van der Waals surface area contributed by atoms with Gasteiger partial charge in [0, 0.05) is 44.9 Å². The van der Waals surface area contributed by atoms with Gasteiger partial charge in [-0.05, 0) is 95.8 Å². The number of nitrogens with zero attached hydrogens (tertiary/aromatic N) is 3. The van der Waals surface area contributed by atoms with Gasteiger partial charge in [0.25, 0.3) is 0 Å². The summed E-state index contributed by atoms with van der Waals surface area (Å²) in [6.07, 6.45) is 3.80. The summed E-state index contributed by atoms with van der Waals surface area (Å²) < 4.78 is 14.8. The SMILES string of the molecule is Oc1cccc2c1-c1nc(-c3cn(-c4ccc5c(c4)oc4ccccc45)c(-c4ccc5oc6ccc(-c7ccccc7)cc6c5c4)n3)ccc1CC2. The fourth-order valence-corrected chi connectivity index (χ4v) is 7.88. The number of aryl methyl sites for hydroxylation is 2. The quantitative estimate of drug-likeness (QED) is 0.201. The van der Waals surface area contributed by atoms with Gasteiger partial charge < -0.3 is 13.9 Å². The summed E-state index contributed by atoms with van der Waals surface area (Å²) in [5.74, 6) is 1.02. The van der Waals surface area contributed by atoms with Crippen molar-refractivity contribution in [1.29, 1.82) is 0 Å². The number of aromatic hydroxyl groups is 1. The van der Waals surface area contributed by atoms with Gasteiger partial charge in [-0.15, -0.1) is 0 Å². The number of hydrogen-bond donors (Lipinski definition) is 1. The van der Waals surface area contributed by atoms with Crippen LogP contribution in [-0.2, 0) is 12.8 Å². The summed E-state index contributed by atoms with van der Waals surface area (Å²) in [5, 5.41) is 15.1. The Morgan fingerprint density at radius 3 is 2.12 bits per heavy atom. The predicted octanol–water partition coefficient (Wildman–Crippen LogP) is 11.5. The zero-order valence-corrected chi connectivity index (χ0v) is 27.9. The van der Waals surface area contributed by atoms with Crippen LogP contribution in [0.3, 0.4) is 0 Å². The number of phenols is 1. The fraction of sp³-hybridized carbons (Fsp3) is 0.0435. The number of hydrogen-bond acceptors (Lipinski definition) is 5. The molecule has 4 heterocycles. The van der Waals surface area contributed by atoms with Crippen molar-refractivity contribution in [3.8, 4) is 56.6 Å². The molecule has 0 fully saturated rings. The Labute approximate surface area is 297 Å². The zero-order valence-electron chi connectivity index (χ0n) is 27.9. The average molecular weight is 672 g/mol. The van der Waals surface area contributed by atoms with E-state index in [1.807, 2.05) is 48.7 Å². The third-order valence-corrected chi connectivity index (χ3v) is 10.5. The minimum absolute atomic E-state index is 0.254. The fourth-order valence-electron chi connectivity index (χ4n) is 7.88. The summed E-state index contributed by atoms with van der Waals surface area (Å²) in [5.41, 5.74) is 12.8. The van der Waals surface area contributed by atoms with Crippen molar-refractivity contribution in [1.82, 2.24) is 14.5 Å². The monoisotopic (exact) mass is 671 g/mol. The maximum absolute atomic E-state index is 10.9. The Bertz CT molecular complexity index is 3040. The third-order valence-electron chi connectivity index (χ3n) is 10.5. The second-order valence-electron chi connectivity index (χ2n) is 13.5. The van der Waals surface area contributed by atoms with Crippen LogP contribution in [0.4, 0.5) is 0 Å². The molecule has 52 heavy (non-hydrogen) atoms. The van der Waals surface area contributed by atoms with E-state index in [0.717, 1.165) is 119 Å². The highest BCUT2D eigenvalue weighted by molar-refractivity contribution is 6.08. The van der Waals surface area contributed by atoms with Gasteiger partial charge in [-0.25, -0.2) is 9.97 Å². The van der Waals surface area contributed by atoms with Crippen molar-refractivity contribution in [3.05, 3.63) is 157 Å². The molecule has 6 aromatic carbocycles. The topological polar surface area (TPSA) is 77.2 Å². The summed E-state index contributed by atoms with van der Waals surface area (Å²) in [7, 11) is 0. The molecule has 6 heteroatoms. The van der Waals surface area contributed by atoms with Gasteiger partial charge >= 0.3 is 0 Å². The zero-order chi connectivity index (χ0) is 34.3. The van der Waals surface area contributed by atoms with Crippen molar-refractivity contribution < 1.29 is 13.9 Å². The molecule has 1 aliphatic rings. The molecule has 0 saturated carbocycles. The van der Waals surface area contributed by atoms with E-state index >= 15 is 0 Å². The van der Waals surface area contributed by atoms with Crippen LogP contribution in [0.2, 0.25) is 0 Å². The minimum Gasteiger partial charge on any atom is -0.507 e. The Morgan fingerprint density at radius 1 is 0.500 bits per heavy atom. The van der Waals surface area contributed by atoms with E-state index in [1.165, 1.54) is 0 Å². The van der Waals surface area contributed by atoms with Crippen LogP contribution in [0, 0.1) is 0 Å². The van der Waals surface area contributed by atoms with E-state index in [9.17, 15) is 5.11 Å². The number of pyridine rings is 1. The lowest BCUT2D eigenvalue weighted by atomic mass is 9.88. The van der Waals surface area contributed by atoms with E-state index < -0.39 is 0 Å². The minimum atomic E-state index is 0.254. The maximum Gasteiger partial charge on any atom is 0.145 e. The lowest BCUT2D eigenvalue weighted by Gasteiger charge is -2.20. The summed E-state index contributed by atoms with van der Waals surface area (Å²) >= 11 is 0. The van der Waals surface area contributed by atoms with Crippen molar-refractivity contribution >= 4 is 43.9 Å². The molecule has 246 valence electrons. The molecule has 0 spiro atoms. The Balaban J connectivity index is 1.11. The summed E-state index contributed by atoms with van der Waals surface area (Å²) in [6, 6.07) is 47.4. The number of imidazole rings is 1. The van der Waals surface area contributed by atoms with E-state index in [-0.39, 0.29) is 5.75 Å². The number of aromatic nitrogens is 3. The van der Waals surface area contributed by atoms with Crippen molar-refractivity contribution in [2.24, 2.45) is 0 Å². The smallest absolute Gasteiger partial charge is 0.145 e. The van der Waals surface area contributed by atoms with Crippen LogP contribution in [0.1, 0.15) is 11.1 Å². The van der Waals surface area contributed by atoms with Crippen molar-refractivity contribution in [3.63, 3.8) is 0 Å². The molecule has 1 N–H and O–H groups in total. The number of phenolic OH excluding ortho intramolecular Hbond substituents is 1. The first-order chi connectivity index (χ1) is 25.6. The summed E-state index contributed by atoms with van der Waals surface area (Å²) in [6.45, 7) is 0. The lowest BCUT2D eigenvalue weighted by molar-refractivity contribution is 0.476. The van der Waals surface area contributed by atoms with Crippen LogP contribution >= 0.6 is 0 Å². The second kappa shape index (κ2) is 11.0. The third kappa shape index (κ3) is 4.44. The highest BCUT2D eigenvalue weighted by Gasteiger charge is 2.23. The van der Waals surface area contributed by atoms with E-state index in [1.54, 1.807) is 6.07 Å². The molecule has 11 rings (SSSR count). The molecule has 0 aliphatic heterocycles. The van der Waals surface area contributed by atoms with E-state index in [2.05, 4.69) is 95.6 Å². The van der Waals surface area contributed by atoms with Gasteiger partial charge in [0.05, 0.1) is 17.1 Å². The molecular formula is C46H29N3O3. The molecule has 6 nitrogen and oxygen atoms in total. The number of para-hydroxylation sites is 1. The molecule has 10 aromatic rings. The van der Waals surface area contributed by atoms with Gasteiger partial charge in [-0.2, -0.15) is 0 Å². The molecule has 0 atom stereocenters. The first kappa shape index (κ1) is 28.9. The average Bonchev–Trinajstić information content (AvgIpc) is 3.91. The Hall–Kier alpha value is -6.92. The molecule has 0 saturated heterocycles. The normalized spacial score (nSPS) is 12.5. The van der Waals surface area contributed by atoms with Gasteiger partial charge in [0.15, 0.2) is 0 Å². The van der Waals surface area contributed by atoms with Gasteiger partial charge in [-0.3, -0.25) is 4.57 Å². The largest absolute Gasteiger partial charge is 0.507 e. The van der Waals surface area contributed by atoms with Crippen molar-refractivity contribution in [2.75, 3.05) is 0 Å². The molecule has 4 aromatic heterocycles. The molecule has 0 radical (unpaired) electrons. The molecule has 1 aliphatic carbocycles. The van der Waals surface area contributed by atoms with Gasteiger partial charge in [-0.1, -0.05) is 72.8 Å². The van der Waals surface area contributed by atoms with E-state index in [4.69, 9.17) is 18.8 Å². The number of benzene rings is 6. The summed E-state index contributed by atoms with van der Waals surface area (Å²) in [4.78, 5) is 10.4. The van der Waals surface area contributed by atoms with Crippen LogP contribution in [-0.4, -0.2) is 19.6 Å². The van der Waals surface area contributed by atoms with Crippen LogP contribution in [0.15, 0.2) is 155 Å². The van der Waals surface area contributed by atoms with Gasteiger partial charge in [0.2, 0.25) is 0 Å². The molecule has 0 bridgehead atoms. The molecule has 0 amide bonds. The molecule has 0 unspecified atom stereocenters. The first-order valence-electron chi connectivity index (χ1n) is 17.5. The van der Waals surface area contributed by atoms with Crippen LogP contribution < -0.4 is 0 Å². The Morgan fingerprint density at radius 2 is 1.23 bits per heavy atom. The number of furan rings is 2. The number of fused-ring (bicyclic) bond motifs is 9. The standard InChI is InChI=1S/C46H29N3O3/c50-39-11-6-9-28-13-14-29-15-20-37(47-45(29)44(28)39)38-26-49(32-18-19-34-33-10-4-5-12-40(33)52-43(34)25-32)46(48-38)31-17-22-42-36(24-31)35-23-30(16-21-41(35)51-42)27-7-2-1-3-8-27/h1-12,15-26,50H,13-14H2. The van der Waals surface area contributed by atoms with E-state index in [0.29, 0.717) is 0 Å². The maximum atomic E-state index is 10.9. The Kier molecular flexibility index (Phi) is 6.13. The molecular weight excluding hydrogens is 643 g/mol. The van der Waals surface area contributed by atoms with Crippen molar-refractivity contribution in [2.45, 2.75) is 12.8 Å². The second-order valence-corrected chi connectivity index (χ2v) is 13.5. The highest BCUT2D eigenvalue weighted by Crippen LogP contribution is 2.41.